The predicted molar refractivity (Wildman–Crippen MR) is 41.9 cm³/mol. The van der Waals surface area contributed by atoms with E-state index in [9.17, 15) is 0 Å². The summed E-state index contributed by atoms with van der Waals surface area (Å²) >= 11 is 0. The molecule has 0 fully saturated rings. The van der Waals surface area contributed by atoms with Gasteiger partial charge in [-0.25, -0.2) is 0 Å². The van der Waals surface area contributed by atoms with Crippen molar-refractivity contribution in [2.75, 3.05) is 0 Å². The van der Waals surface area contributed by atoms with Gasteiger partial charge in [0.25, 0.3) is 0 Å². The van der Waals surface area contributed by atoms with E-state index >= 15 is 0 Å². The summed E-state index contributed by atoms with van der Waals surface area (Å²) in [6, 6.07) is 0. The third kappa shape index (κ3) is 1.98. The second kappa shape index (κ2) is 4.03. The lowest BCUT2D eigenvalue weighted by atomic mass is 10.2. The number of hydrogen-bond donors (Lipinski definition) is 1. The molecule has 1 aromatic rings. The van der Waals surface area contributed by atoms with Gasteiger partial charge in [-0.15, -0.1) is 0 Å². The topological polar surface area (TPSA) is 46.0 Å². The summed E-state index contributed by atoms with van der Waals surface area (Å²) in [5.74, 6) is 0. The van der Waals surface area contributed by atoms with Gasteiger partial charge in [-0.05, 0) is 6.42 Å². The zero-order chi connectivity index (χ0) is 8.10. The Hall–Kier alpha value is -0.960. The zero-order valence-corrected chi connectivity index (χ0v) is 6.62. The number of aryl methyl sites for hydroxylation is 1. The lowest BCUT2D eigenvalue weighted by molar-refractivity contribution is 0.274. The van der Waals surface area contributed by atoms with Gasteiger partial charge in [0.05, 0.1) is 18.0 Å². The molecule has 0 spiro atoms. The molecule has 1 heterocycles. The van der Waals surface area contributed by atoms with Crippen LogP contribution < -0.4 is 0 Å². The Labute approximate surface area is 66.1 Å². The molecular formula is C8H12N2O. The second-order valence-electron chi connectivity index (χ2n) is 2.36. The maximum Gasteiger partial charge on any atom is 0.0873 e. The van der Waals surface area contributed by atoms with E-state index < -0.39 is 0 Å². The first-order valence-electron chi connectivity index (χ1n) is 3.78. The fourth-order valence-electron chi connectivity index (χ4n) is 0.973. The predicted octanol–water partition coefficient (Wildman–Crippen LogP) is 0.921. The van der Waals surface area contributed by atoms with Crippen LogP contribution in [0.1, 0.15) is 24.7 Å². The molecule has 60 valence electrons. The first kappa shape index (κ1) is 8.14. The summed E-state index contributed by atoms with van der Waals surface area (Å²) in [7, 11) is 0. The summed E-state index contributed by atoms with van der Waals surface area (Å²) < 4.78 is 0. The molecule has 1 aromatic heterocycles. The maximum absolute atomic E-state index is 8.84. The van der Waals surface area contributed by atoms with Crippen LogP contribution in [-0.4, -0.2) is 15.1 Å². The lowest BCUT2D eigenvalue weighted by Crippen LogP contribution is -1.99. The Morgan fingerprint density at radius 1 is 1.27 bits per heavy atom. The minimum Gasteiger partial charge on any atom is -0.390 e. The van der Waals surface area contributed by atoms with Gasteiger partial charge in [-0.1, -0.05) is 13.3 Å². The van der Waals surface area contributed by atoms with Gasteiger partial charge in [-0.2, -0.15) is 0 Å². The average molecular weight is 152 g/mol. The van der Waals surface area contributed by atoms with Crippen molar-refractivity contribution < 1.29 is 5.11 Å². The number of nitrogens with zero attached hydrogens (tertiary/aromatic N) is 2. The van der Waals surface area contributed by atoms with Crippen LogP contribution in [-0.2, 0) is 13.0 Å². The summed E-state index contributed by atoms with van der Waals surface area (Å²) in [5, 5.41) is 8.84. The first-order valence-corrected chi connectivity index (χ1v) is 3.78. The highest BCUT2D eigenvalue weighted by Gasteiger charge is 2.00. The molecule has 0 atom stereocenters. The van der Waals surface area contributed by atoms with E-state index in [4.69, 9.17) is 5.11 Å². The van der Waals surface area contributed by atoms with Crippen LogP contribution >= 0.6 is 0 Å². The van der Waals surface area contributed by atoms with Gasteiger partial charge in [-0.3, -0.25) is 9.97 Å². The Morgan fingerprint density at radius 2 is 1.91 bits per heavy atom. The Kier molecular flexibility index (Phi) is 2.98. The van der Waals surface area contributed by atoms with Gasteiger partial charge in [0.15, 0.2) is 0 Å². The molecule has 0 radical (unpaired) electrons. The molecule has 0 amide bonds. The molecule has 0 bridgehead atoms. The number of hydrogen-bond acceptors (Lipinski definition) is 3. The van der Waals surface area contributed by atoms with Gasteiger partial charge >= 0.3 is 0 Å². The highest BCUT2D eigenvalue weighted by atomic mass is 16.3. The van der Waals surface area contributed by atoms with Crippen LogP contribution in [0, 0.1) is 0 Å². The van der Waals surface area contributed by atoms with Crippen molar-refractivity contribution in [1.29, 1.82) is 0 Å². The summed E-state index contributed by atoms with van der Waals surface area (Å²) in [6.07, 6.45) is 5.18. The van der Waals surface area contributed by atoms with E-state index in [1.54, 1.807) is 12.4 Å². The van der Waals surface area contributed by atoms with Crippen molar-refractivity contribution in [3.63, 3.8) is 0 Å². The van der Waals surface area contributed by atoms with Crippen molar-refractivity contribution in [1.82, 2.24) is 9.97 Å². The zero-order valence-electron chi connectivity index (χ0n) is 6.62. The number of aliphatic hydroxyl groups is 1. The average Bonchev–Trinajstić information content (AvgIpc) is 2.06. The second-order valence-corrected chi connectivity index (χ2v) is 2.36. The summed E-state index contributed by atoms with van der Waals surface area (Å²) in [4.78, 5) is 8.12. The van der Waals surface area contributed by atoms with Gasteiger partial charge in [0.2, 0.25) is 0 Å². The van der Waals surface area contributed by atoms with Crippen molar-refractivity contribution in [3.8, 4) is 0 Å². The monoisotopic (exact) mass is 152 g/mol. The fraction of sp³-hybridized carbons (Fsp3) is 0.500. The molecule has 0 aromatic carbocycles. The molecule has 0 unspecified atom stereocenters. The van der Waals surface area contributed by atoms with E-state index in [0.717, 1.165) is 18.5 Å². The van der Waals surface area contributed by atoms with E-state index in [1.165, 1.54) is 0 Å². The number of aromatic nitrogens is 2. The van der Waals surface area contributed by atoms with Crippen molar-refractivity contribution in [2.45, 2.75) is 26.4 Å². The highest BCUT2D eigenvalue weighted by Crippen LogP contribution is 2.03. The molecule has 0 saturated carbocycles. The van der Waals surface area contributed by atoms with Crippen LogP contribution in [0.3, 0.4) is 0 Å². The number of rotatable bonds is 3. The minimum absolute atomic E-state index is 0.0107. The normalized spacial score (nSPS) is 10.0. The summed E-state index contributed by atoms with van der Waals surface area (Å²) in [6.45, 7) is 2.07. The highest BCUT2D eigenvalue weighted by molar-refractivity contribution is 5.09. The molecule has 0 aliphatic rings. The van der Waals surface area contributed by atoms with Gasteiger partial charge in [0.1, 0.15) is 0 Å². The Balaban J connectivity index is 2.83. The minimum atomic E-state index is -0.0107. The van der Waals surface area contributed by atoms with Crippen LogP contribution in [0.4, 0.5) is 0 Å². The molecule has 0 aliphatic carbocycles. The van der Waals surface area contributed by atoms with Crippen molar-refractivity contribution in [3.05, 3.63) is 23.8 Å². The smallest absolute Gasteiger partial charge is 0.0873 e. The largest absolute Gasteiger partial charge is 0.390 e. The molecule has 0 saturated heterocycles. The molecule has 3 nitrogen and oxygen atoms in total. The fourth-order valence-corrected chi connectivity index (χ4v) is 0.973. The summed E-state index contributed by atoms with van der Waals surface area (Å²) in [5.41, 5.74) is 1.62. The Morgan fingerprint density at radius 3 is 2.45 bits per heavy atom. The van der Waals surface area contributed by atoms with E-state index in [1.807, 2.05) is 0 Å². The van der Waals surface area contributed by atoms with Crippen molar-refractivity contribution in [2.24, 2.45) is 0 Å². The molecule has 1 rings (SSSR count). The first-order chi connectivity index (χ1) is 5.38. The molecule has 0 aliphatic heterocycles. The van der Waals surface area contributed by atoms with Gasteiger partial charge < -0.3 is 5.11 Å². The quantitative estimate of drug-likeness (QED) is 0.700. The molecule has 1 N–H and O–H groups in total. The van der Waals surface area contributed by atoms with Crippen LogP contribution in [0.5, 0.6) is 0 Å². The molecular weight excluding hydrogens is 140 g/mol. The van der Waals surface area contributed by atoms with E-state index in [0.29, 0.717) is 5.69 Å². The van der Waals surface area contributed by atoms with E-state index in [-0.39, 0.29) is 6.61 Å². The van der Waals surface area contributed by atoms with Crippen molar-refractivity contribution >= 4 is 0 Å². The molecule has 11 heavy (non-hydrogen) atoms. The third-order valence-corrected chi connectivity index (χ3v) is 1.50. The standard InChI is InChI=1S/C8H12N2O/c1-2-3-7-8(6-11)10-5-4-9-7/h4-5,11H,2-3,6H2,1H3. The third-order valence-electron chi connectivity index (χ3n) is 1.50. The van der Waals surface area contributed by atoms with Crippen LogP contribution in [0.15, 0.2) is 12.4 Å². The van der Waals surface area contributed by atoms with Crippen LogP contribution in [0.25, 0.3) is 0 Å². The number of aliphatic hydroxyl groups excluding tert-OH is 1. The SMILES string of the molecule is CCCc1nccnc1CO. The maximum atomic E-state index is 8.84. The molecule has 3 heteroatoms. The van der Waals surface area contributed by atoms with E-state index in [2.05, 4.69) is 16.9 Å². The Bertz CT molecular complexity index is 225. The van der Waals surface area contributed by atoms with Crippen LogP contribution in [0.2, 0.25) is 0 Å². The van der Waals surface area contributed by atoms with Gasteiger partial charge in [0, 0.05) is 12.4 Å². The lowest BCUT2D eigenvalue weighted by Gasteiger charge is -2.01.